The summed E-state index contributed by atoms with van der Waals surface area (Å²) in [5.41, 5.74) is 6.09. The van der Waals surface area contributed by atoms with E-state index in [-0.39, 0.29) is 5.56 Å². The first-order valence-electron chi connectivity index (χ1n) is 9.36. The fraction of sp³-hybridized carbons (Fsp3) is 0.0400. The quantitative estimate of drug-likeness (QED) is 0.370. The zero-order valence-electron chi connectivity index (χ0n) is 15.1. The molecule has 3 aromatic heterocycles. The summed E-state index contributed by atoms with van der Waals surface area (Å²) in [5, 5.41) is 3.73. The van der Waals surface area contributed by atoms with Crippen LogP contribution in [0.4, 0.5) is 0 Å². The van der Waals surface area contributed by atoms with Gasteiger partial charge in [-0.15, -0.1) is 0 Å². The van der Waals surface area contributed by atoms with Gasteiger partial charge in [-0.1, -0.05) is 49.1 Å². The lowest BCUT2D eigenvalue weighted by Gasteiger charge is -2.12. The van der Waals surface area contributed by atoms with Crippen molar-refractivity contribution in [2.24, 2.45) is 0 Å². The van der Waals surface area contributed by atoms with Gasteiger partial charge in [0.05, 0.1) is 16.6 Å². The smallest absolute Gasteiger partial charge is 0.263 e. The maximum absolute atomic E-state index is 13.3. The van der Waals surface area contributed by atoms with E-state index in [0.29, 0.717) is 5.39 Å². The molecule has 0 amide bonds. The van der Waals surface area contributed by atoms with Gasteiger partial charge in [0, 0.05) is 27.7 Å². The van der Waals surface area contributed by atoms with Crippen LogP contribution in [0.25, 0.3) is 43.7 Å². The van der Waals surface area contributed by atoms with E-state index in [4.69, 9.17) is 0 Å². The average Bonchev–Trinajstić information content (AvgIpc) is 3.07. The van der Waals surface area contributed by atoms with Crippen LogP contribution in [0, 0.1) is 0 Å². The molecule has 0 atom stereocenters. The first-order chi connectivity index (χ1) is 13.7. The summed E-state index contributed by atoms with van der Waals surface area (Å²) in [6, 6.07) is 16.0. The van der Waals surface area contributed by atoms with E-state index in [2.05, 4.69) is 41.9 Å². The van der Waals surface area contributed by atoms with Gasteiger partial charge in [0.2, 0.25) is 0 Å². The fourth-order valence-corrected chi connectivity index (χ4v) is 4.44. The molecule has 5 aromatic rings. The third kappa shape index (κ3) is 1.88. The molecule has 3 nitrogen and oxygen atoms in total. The van der Waals surface area contributed by atoms with E-state index >= 15 is 0 Å². The van der Waals surface area contributed by atoms with Crippen LogP contribution in [0.3, 0.4) is 0 Å². The summed E-state index contributed by atoms with van der Waals surface area (Å²) in [6.07, 6.45) is 9.01. The van der Waals surface area contributed by atoms with Crippen LogP contribution in [-0.4, -0.2) is 9.38 Å². The molecule has 0 spiro atoms. The van der Waals surface area contributed by atoms with E-state index < -0.39 is 0 Å². The van der Waals surface area contributed by atoms with Crippen LogP contribution in [0.1, 0.15) is 12.0 Å². The van der Waals surface area contributed by atoms with Gasteiger partial charge in [-0.2, -0.15) is 0 Å². The average molecular weight is 360 g/mol. The lowest BCUT2D eigenvalue weighted by molar-refractivity contribution is 1.20. The van der Waals surface area contributed by atoms with Gasteiger partial charge >= 0.3 is 0 Å². The van der Waals surface area contributed by atoms with Crippen molar-refractivity contribution in [3.8, 4) is 0 Å². The molecule has 28 heavy (non-hydrogen) atoms. The van der Waals surface area contributed by atoms with E-state index in [1.165, 1.54) is 0 Å². The molecule has 0 radical (unpaired) electrons. The Hall–Kier alpha value is -3.72. The van der Waals surface area contributed by atoms with Crippen molar-refractivity contribution in [2.75, 3.05) is 0 Å². The summed E-state index contributed by atoms with van der Waals surface area (Å²) in [6.45, 7) is 4.21. The van der Waals surface area contributed by atoms with Crippen molar-refractivity contribution in [3.05, 3.63) is 101 Å². The van der Waals surface area contributed by atoms with E-state index in [1.807, 2.05) is 47.0 Å². The van der Waals surface area contributed by atoms with Crippen molar-refractivity contribution in [3.63, 3.8) is 0 Å². The summed E-state index contributed by atoms with van der Waals surface area (Å²) < 4.78 is 1.82. The first kappa shape index (κ1) is 15.3. The maximum atomic E-state index is 13.3. The molecular weight excluding hydrogens is 344 g/mol. The summed E-state index contributed by atoms with van der Waals surface area (Å²) in [4.78, 5) is 17.9. The number of pyridine rings is 2. The molecule has 132 valence electrons. The molecule has 0 bridgehead atoms. The fourth-order valence-electron chi connectivity index (χ4n) is 4.44. The molecule has 1 aliphatic carbocycles. The monoisotopic (exact) mass is 360 g/mol. The van der Waals surface area contributed by atoms with Crippen LogP contribution in [0.2, 0.25) is 0 Å². The molecule has 3 heterocycles. The van der Waals surface area contributed by atoms with E-state index in [9.17, 15) is 4.79 Å². The van der Waals surface area contributed by atoms with Crippen LogP contribution < -0.4 is 5.56 Å². The molecule has 6 rings (SSSR count). The molecule has 1 aliphatic rings. The number of aromatic nitrogens is 2. The lowest BCUT2D eigenvalue weighted by atomic mass is 9.92. The predicted molar refractivity (Wildman–Crippen MR) is 116 cm³/mol. The summed E-state index contributed by atoms with van der Waals surface area (Å²) in [5.74, 6) is 0. The maximum Gasteiger partial charge on any atom is 0.263 e. The van der Waals surface area contributed by atoms with Crippen molar-refractivity contribution in [1.82, 2.24) is 9.38 Å². The highest BCUT2D eigenvalue weighted by atomic mass is 16.1. The second-order valence-corrected chi connectivity index (χ2v) is 7.29. The Morgan fingerprint density at radius 2 is 1.82 bits per heavy atom. The number of rotatable bonds is 1. The molecule has 0 unspecified atom stereocenters. The molecule has 0 aliphatic heterocycles. The van der Waals surface area contributed by atoms with Gasteiger partial charge in [-0.25, -0.2) is 0 Å². The van der Waals surface area contributed by atoms with Gasteiger partial charge in [-0.05, 0) is 47.4 Å². The minimum Gasteiger partial charge on any atom is -0.273 e. The van der Waals surface area contributed by atoms with Gasteiger partial charge in [0.1, 0.15) is 0 Å². The Labute approximate surface area is 160 Å². The summed E-state index contributed by atoms with van der Waals surface area (Å²) >= 11 is 0. The molecule has 0 N–H and O–H groups in total. The van der Waals surface area contributed by atoms with Crippen LogP contribution in [-0.2, 0) is 0 Å². The standard InChI is InChI=1S/C25H16N2O/c1-15-6-2-3-7-17(15)16-10-11-22-21(14-16)19-12-13-26-23-18-8-4-5-9-20(18)25(28)27(22)24(19)23/h2-5,7-14H,1,6H2. The topological polar surface area (TPSA) is 34.4 Å². The highest BCUT2D eigenvalue weighted by Crippen LogP contribution is 2.36. The second kappa shape index (κ2) is 5.40. The number of nitrogens with zero attached hydrogens (tertiary/aromatic N) is 2. The third-order valence-corrected chi connectivity index (χ3v) is 5.75. The highest BCUT2D eigenvalue weighted by Gasteiger charge is 2.18. The Kier molecular flexibility index (Phi) is 2.96. The molecule has 3 heteroatoms. The molecule has 2 aromatic carbocycles. The van der Waals surface area contributed by atoms with Crippen molar-refractivity contribution >= 4 is 43.7 Å². The van der Waals surface area contributed by atoms with Crippen LogP contribution in [0.15, 0.2) is 89.9 Å². The Morgan fingerprint density at radius 1 is 0.964 bits per heavy atom. The number of hydrogen-bond donors (Lipinski definition) is 0. The predicted octanol–water partition coefficient (Wildman–Crippen LogP) is 5.49. The normalized spacial score (nSPS) is 14.6. The van der Waals surface area contributed by atoms with Gasteiger partial charge in [-0.3, -0.25) is 14.2 Å². The van der Waals surface area contributed by atoms with Gasteiger partial charge in [0.25, 0.3) is 5.56 Å². The van der Waals surface area contributed by atoms with Crippen molar-refractivity contribution in [2.45, 2.75) is 6.42 Å². The second-order valence-electron chi connectivity index (χ2n) is 7.29. The third-order valence-electron chi connectivity index (χ3n) is 5.75. The van der Waals surface area contributed by atoms with Crippen molar-refractivity contribution < 1.29 is 0 Å². The molecule has 0 saturated carbocycles. The number of hydrogen-bond acceptors (Lipinski definition) is 2. The van der Waals surface area contributed by atoms with E-state index in [0.717, 1.165) is 55.8 Å². The number of allylic oxidation sites excluding steroid dienone is 5. The molecule has 0 saturated heterocycles. The highest BCUT2D eigenvalue weighted by molar-refractivity contribution is 6.19. The van der Waals surface area contributed by atoms with E-state index in [1.54, 1.807) is 0 Å². The van der Waals surface area contributed by atoms with Gasteiger partial charge in [0.15, 0.2) is 0 Å². The minimum absolute atomic E-state index is 0.00748. The zero-order valence-corrected chi connectivity index (χ0v) is 15.1. The number of fused-ring (bicyclic) bond motifs is 5. The SMILES string of the molecule is C=C1CC=CC=C1c1ccc2c(c1)c1ccnc3c4ccccc4c(=O)n2c13. The Balaban J connectivity index is 1.81. The molecular formula is C25H16N2O. The van der Waals surface area contributed by atoms with Crippen LogP contribution >= 0.6 is 0 Å². The lowest BCUT2D eigenvalue weighted by Crippen LogP contribution is -2.13. The Morgan fingerprint density at radius 3 is 2.68 bits per heavy atom. The largest absolute Gasteiger partial charge is 0.273 e. The van der Waals surface area contributed by atoms with Crippen LogP contribution in [0.5, 0.6) is 0 Å². The first-order valence-corrected chi connectivity index (χ1v) is 9.36. The Bertz CT molecular complexity index is 1570. The minimum atomic E-state index is 0.00748. The zero-order chi connectivity index (χ0) is 18.8. The van der Waals surface area contributed by atoms with Gasteiger partial charge < -0.3 is 0 Å². The molecule has 0 fully saturated rings. The van der Waals surface area contributed by atoms with Crippen molar-refractivity contribution in [1.29, 1.82) is 0 Å². The summed E-state index contributed by atoms with van der Waals surface area (Å²) in [7, 11) is 0. The number of benzene rings is 2.